The van der Waals surface area contributed by atoms with Crippen LogP contribution in [0, 0.1) is 10.8 Å². The topological polar surface area (TPSA) is 63.6 Å². The molecule has 0 spiro atoms. The zero-order chi connectivity index (χ0) is 8.28. The Labute approximate surface area is 63.1 Å². The van der Waals surface area contributed by atoms with Gasteiger partial charge in [-0.15, -0.1) is 0 Å². The Kier molecular flexibility index (Phi) is 0.855. The number of esters is 1. The molecule has 0 aliphatic heterocycles. The van der Waals surface area contributed by atoms with Crippen molar-refractivity contribution in [3.8, 4) is 0 Å². The SMILES string of the molecule is COC(=O)C12CC1(C(=O)O)C2. The Morgan fingerprint density at radius 1 is 1.36 bits per heavy atom. The summed E-state index contributed by atoms with van der Waals surface area (Å²) >= 11 is 0. The largest absolute Gasteiger partial charge is 0.481 e. The molecule has 0 radical (unpaired) electrons. The summed E-state index contributed by atoms with van der Waals surface area (Å²) < 4.78 is 4.49. The molecule has 2 fully saturated rings. The van der Waals surface area contributed by atoms with Gasteiger partial charge in [0.1, 0.15) is 0 Å². The normalized spacial score (nSPS) is 44.1. The average Bonchev–Trinajstić information content (AvgIpc) is 2.68. The van der Waals surface area contributed by atoms with Crippen LogP contribution in [0.1, 0.15) is 12.8 Å². The summed E-state index contributed by atoms with van der Waals surface area (Å²) in [5.41, 5.74) is -1.34. The molecule has 0 saturated heterocycles. The van der Waals surface area contributed by atoms with Crippen molar-refractivity contribution in [3.63, 3.8) is 0 Å². The van der Waals surface area contributed by atoms with E-state index >= 15 is 0 Å². The lowest BCUT2D eigenvalue weighted by Gasteiger charge is -1.96. The smallest absolute Gasteiger partial charge is 0.313 e. The van der Waals surface area contributed by atoms with Crippen LogP contribution in [0.3, 0.4) is 0 Å². The summed E-state index contributed by atoms with van der Waals surface area (Å²) in [6.45, 7) is 0. The molecule has 2 rings (SSSR count). The van der Waals surface area contributed by atoms with Crippen LogP contribution >= 0.6 is 0 Å². The molecule has 0 heterocycles. The molecular weight excluding hydrogens is 148 g/mol. The predicted octanol–water partition coefficient (Wildman–Crippen LogP) is 0.0242. The van der Waals surface area contributed by atoms with E-state index in [-0.39, 0.29) is 5.97 Å². The van der Waals surface area contributed by atoms with Crippen LogP contribution in [0.25, 0.3) is 0 Å². The third kappa shape index (κ3) is 0.480. The molecule has 0 unspecified atom stereocenters. The maximum atomic E-state index is 11.0. The highest BCUT2D eigenvalue weighted by atomic mass is 16.5. The van der Waals surface area contributed by atoms with E-state index in [1.807, 2.05) is 0 Å². The fraction of sp³-hybridized carbons (Fsp3) is 0.714. The van der Waals surface area contributed by atoms with Gasteiger partial charge in [-0.2, -0.15) is 0 Å². The molecule has 2 aliphatic rings. The number of rotatable bonds is 2. The predicted molar refractivity (Wildman–Crippen MR) is 33.8 cm³/mol. The van der Waals surface area contributed by atoms with Crippen LogP contribution in [0.5, 0.6) is 0 Å². The van der Waals surface area contributed by atoms with Gasteiger partial charge >= 0.3 is 11.9 Å². The second-order valence-corrected chi connectivity index (χ2v) is 3.31. The minimum absolute atomic E-state index is 0.361. The molecule has 60 valence electrons. The Balaban J connectivity index is 2.14. The lowest BCUT2D eigenvalue weighted by molar-refractivity contribution is -0.146. The van der Waals surface area contributed by atoms with Gasteiger partial charge < -0.3 is 9.84 Å². The fourth-order valence-corrected chi connectivity index (χ4v) is 1.78. The van der Waals surface area contributed by atoms with Gasteiger partial charge in [0.25, 0.3) is 0 Å². The summed E-state index contributed by atoms with van der Waals surface area (Å²) in [4.78, 5) is 21.5. The fourth-order valence-electron chi connectivity index (χ4n) is 1.78. The van der Waals surface area contributed by atoms with Crippen molar-refractivity contribution in [2.24, 2.45) is 10.8 Å². The van der Waals surface area contributed by atoms with Crippen LogP contribution < -0.4 is 0 Å². The quantitative estimate of drug-likeness (QED) is 0.572. The maximum absolute atomic E-state index is 11.0. The van der Waals surface area contributed by atoms with Crippen molar-refractivity contribution in [3.05, 3.63) is 0 Å². The minimum Gasteiger partial charge on any atom is -0.481 e. The van der Waals surface area contributed by atoms with Crippen LogP contribution in [0.4, 0.5) is 0 Å². The summed E-state index contributed by atoms with van der Waals surface area (Å²) in [5, 5.41) is 8.66. The highest BCUT2D eigenvalue weighted by Gasteiger charge is 2.92. The van der Waals surface area contributed by atoms with E-state index in [4.69, 9.17) is 5.11 Å². The van der Waals surface area contributed by atoms with Crippen molar-refractivity contribution in [2.45, 2.75) is 12.8 Å². The number of carbonyl (C=O) groups is 2. The average molecular weight is 156 g/mol. The van der Waals surface area contributed by atoms with E-state index in [1.54, 1.807) is 0 Å². The molecule has 2 saturated carbocycles. The number of fused-ring (bicyclic) bond motifs is 1. The Morgan fingerprint density at radius 3 is 2.18 bits per heavy atom. The number of carbonyl (C=O) groups excluding carboxylic acids is 1. The van der Waals surface area contributed by atoms with E-state index in [1.165, 1.54) is 7.11 Å². The first-order chi connectivity index (χ1) is 5.09. The van der Waals surface area contributed by atoms with Crippen molar-refractivity contribution in [1.29, 1.82) is 0 Å². The summed E-state index contributed by atoms with van der Waals surface area (Å²) in [6.07, 6.45) is 0.948. The molecule has 0 aromatic carbocycles. The van der Waals surface area contributed by atoms with Gasteiger partial charge in [0.2, 0.25) is 0 Å². The van der Waals surface area contributed by atoms with E-state index in [9.17, 15) is 9.59 Å². The van der Waals surface area contributed by atoms with E-state index in [2.05, 4.69) is 4.74 Å². The highest BCUT2D eigenvalue weighted by molar-refractivity contribution is 6.00. The molecule has 4 heteroatoms. The summed E-state index contributed by atoms with van der Waals surface area (Å²) in [7, 11) is 1.29. The number of ether oxygens (including phenoxy) is 1. The van der Waals surface area contributed by atoms with Crippen molar-refractivity contribution in [2.75, 3.05) is 7.11 Å². The molecule has 0 aromatic heterocycles. The Bertz CT molecular complexity index is 249. The standard InChI is InChI=1S/C7H8O4/c1-11-5(10)7-2-6(7,3-7)4(8)9/h2-3H2,1H3,(H,8,9). The lowest BCUT2D eigenvalue weighted by Crippen LogP contribution is -2.09. The lowest BCUT2D eigenvalue weighted by atomic mass is 10.2. The maximum Gasteiger partial charge on any atom is 0.313 e. The van der Waals surface area contributed by atoms with Crippen LogP contribution in [0.2, 0.25) is 0 Å². The van der Waals surface area contributed by atoms with Gasteiger partial charge in [-0.25, -0.2) is 0 Å². The number of carboxylic acids is 1. The van der Waals surface area contributed by atoms with Gasteiger partial charge in [-0.3, -0.25) is 9.59 Å². The number of aliphatic carboxylic acids is 1. The second-order valence-electron chi connectivity index (χ2n) is 3.31. The first-order valence-electron chi connectivity index (χ1n) is 3.41. The van der Waals surface area contributed by atoms with Crippen molar-refractivity contribution in [1.82, 2.24) is 0 Å². The van der Waals surface area contributed by atoms with Crippen molar-refractivity contribution >= 4 is 11.9 Å². The zero-order valence-electron chi connectivity index (χ0n) is 6.09. The minimum atomic E-state index is -0.858. The third-order valence-electron chi connectivity index (χ3n) is 2.86. The highest BCUT2D eigenvalue weighted by Crippen LogP contribution is 2.86. The van der Waals surface area contributed by atoms with Gasteiger partial charge in [0.05, 0.1) is 17.9 Å². The monoisotopic (exact) mass is 156 g/mol. The second kappa shape index (κ2) is 1.42. The van der Waals surface area contributed by atoms with Gasteiger partial charge in [0, 0.05) is 0 Å². The number of hydrogen-bond donors (Lipinski definition) is 1. The van der Waals surface area contributed by atoms with Crippen molar-refractivity contribution < 1.29 is 19.4 Å². The molecule has 0 aromatic rings. The molecular formula is C7H8O4. The van der Waals surface area contributed by atoms with E-state index in [0.29, 0.717) is 12.8 Å². The van der Waals surface area contributed by atoms with E-state index in [0.717, 1.165) is 0 Å². The first-order valence-corrected chi connectivity index (χ1v) is 3.41. The number of hydrogen-bond acceptors (Lipinski definition) is 3. The van der Waals surface area contributed by atoms with Crippen LogP contribution in [-0.2, 0) is 14.3 Å². The molecule has 1 N–H and O–H groups in total. The van der Waals surface area contributed by atoms with Gasteiger partial charge in [-0.05, 0) is 12.8 Å². The summed E-state index contributed by atoms with van der Waals surface area (Å²) in [5.74, 6) is -1.22. The summed E-state index contributed by atoms with van der Waals surface area (Å²) in [6, 6.07) is 0. The zero-order valence-corrected chi connectivity index (χ0v) is 6.09. The van der Waals surface area contributed by atoms with Crippen LogP contribution in [0.15, 0.2) is 0 Å². The Morgan fingerprint density at radius 2 is 1.91 bits per heavy atom. The van der Waals surface area contributed by atoms with E-state index < -0.39 is 16.8 Å². The molecule has 2 aliphatic carbocycles. The number of methoxy groups -OCH3 is 1. The Hall–Kier alpha value is -1.06. The number of carboxylic acid groups (broad SMARTS) is 1. The first kappa shape index (κ1) is 6.64. The third-order valence-corrected chi connectivity index (χ3v) is 2.86. The molecule has 0 bridgehead atoms. The van der Waals surface area contributed by atoms with Crippen LogP contribution in [-0.4, -0.2) is 24.2 Å². The molecule has 11 heavy (non-hydrogen) atoms. The molecule has 0 amide bonds. The van der Waals surface area contributed by atoms with Gasteiger partial charge in [-0.1, -0.05) is 0 Å². The molecule has 4 nitrogen and oxygen atoms in total. The van der Waals surface area contributed by atoms with Gasteiger partial charge in [0.15, 0.2) is 0 Å². The molecule has 0 atom stereocenters.